The highest BCUT2D eigenvalue weighted by Crippen LogP contribution is 2.05. The predicted molar refractivity (Wildman–Crippen MR) is 68.7 cm³/mol. The monoisotopic (exact) mass is 229 g/mol. The largest absolute Gasteiger partial charge is 0.333 e. The molecule has 0 aliphatic carbocycles. The van der Waals surface area contributed by atoms with Gasteiger partial charge in [-0.2, -0.15) is 0 Å². The van der Waals surface area contributed by atoms with Gasteiger partial charge in [0.25, 0.3) is 0 Å². The van der Waals surface area contributed by atoms with Crippen molar-refractivity contribution in [1.29, 1.82) is 0 Å². The number of hydrogen-bond acceptors (Lipinski definition) is 2. The Labute approximate surface area is 100.0 Å². The van der Waals surface area contributed by atoms with Crippen LogP contribution in [0.4, 0.5) is 4.79 Å². The molecule has 1 unspecified atom stereocenters. The molecule has 4 nitrogen and oxygen atoms in total. The van der Waals surface area contributed by atoms with Gasteiger partial charge in [-0.25, -0.2) is 4.79 Å². The highest BCUT2D eigenvalue weighted by Gasteiger charge is 2.22. The first-order chi connectivity index (χ1) is 7.17. The van der Waals surface area contributed by atoms with Crippen LogP contribution in [-0.2, 0) is 0 Å². The molecular formula is C12H27N3O. The number of nitrogens with zero attached hydrogens (tertiary/aromatic N) is 2. The summed E-state index contributed by atoms with van der Waals surface area (Å²) in [6.45, 7) is 11.7. The second kappa shape index (κ2) is 6.09. The lowest BCUT2D eigenvalue weighted by Gasteiger charge is -2.33. The number of likely N-dealkylation sites (N-methyl/N-ethyl adjacent to an activating group) is 2. The Morgan fingerprint density at radius 3 is 2.12 bits per heavy atom. The Bertz CT molecular complexity index is 221. The summed E-state index contributed by atoms with van der Waals surface area (Å²) in [6.07, 6.45) is 0. The molecular weight excluding hydrogens is 202 g/mol. The summed E-state index contributed by atoms with van der Waals surface area (Å²) in [7, 11) is 4.04. The van der Waals surface area contributed by atoms with E-state index >= 15 is 0 Å². The normalized spacial score (nSPS) is 13.8. The topological polar surface area (TPSA) is 35.6 Å². The molecule has 0 aliphatic heterocycles. The van der Waals surface area contributed by atoms with Crippen LogP contribution in [0.5, 0.6) is 0 Å². The fraction of sp³-hybridized carbons (Fsp3) is 0.917. The van der Waals surface area contributed by atoms with Gasteiger partial charge in [0.2, 0.25) is 0 Å². The summed E-state index contributed by atoms with van der Waals surface area (Å²) in [5.74, 6) is 0. The molecule has 1 atom stereocenters. The molecule has 1 N–H and O–H groups in total. The van der Waals surface area contributed by atoms with Crippen molar-refractivity contribution in [1.82, 2.24) is 15.1 Å². The first-order valence-corrected chi connectivity index (χ1v) is 5.91. The van der Waals surface area contributed by atoms with E-state index in [9.17, 15) is 4.79 Å². The molecule has 0 rings (SSSR count). The van der Waals surface area contributed by atoms with Crippen LogP contribution in [0.1, 0.15) is 34.6 Å². The molecule has 0 bridgehead atoms. The molecule has 0 spiro atoms. The summed E-state index contributed by atoms with van der Waals surface area (Å²) in [4.78, 5) is 16.0. The first-order valence-electron chi connectivity index (χ1n) is 5.91. The number of rotatable bonds is 4. The summed E-state index contributed by atoms with van der Waals surface area (Å²) >= 11 is 0. The van der Waals surface area contributed by atoms with Gasteiger partial charge in [0.15, 0.2) is 0 Å². The maximum atomic E-state index is 12.0. The number of hydrogen-bond donors (Lipinski definition) is 1. The number of urea groups is 1. The predicted octanol–water partition coefficient (Wildman–Crippen LogP) is 1.77. The summed E-state index contributed by atoms with van der Waals surface area (Å²) in [5, 5.41) is 2.99. The quantitative estimate of drug-likeness (QED) is 0.797. The van der Waals surface area contributed by atoms with Crippen LogP contribution >= 0.6 is 0 Å². The van der Waals surface area contributed by atoms with Crippen LogP contribution in [-0.4, -0.2) is 54.6 Å². The Balaban J connectivity index is 4.42. The van der Waals surface area contributed by atoms with Crippen LogP contribution < -0.4 is 5.32 Å². The van der Waals surface area contributed by atoms with Crippen LogP contribution in [0.2, 0.25) is 0 Å². The van der Waals surface area contributed by atoms with Crippen molar-refractivity contribution in [2.75, 3.05) is 27.2 Å². The SMILES string of the molecule is CCN(C(=O)NC(C)(C)C)C(C)CN(C)C. The molecule has 0 radical (unpaired) electrons. The Hall–Kier alpha value is -0.770. The third kappa shape index (κ3) is 5.95. The lowest BCUT2D eigenvalue weighted by atomic mass is 10.1. The smallest absolute Gasteiger partial charge is 0.318 e. The Morgan fingerprint density at radius 2 is 1.81 bits per heavy atom. The second-order valence-corrected chi connectivity index (χ2v) is 5.58. The van der Waals surface area contributed by atoms with E-state index < -0.39 is 0 Å². The van der Waals surface area contributed by atoms with E-state index in [0.29, 0.717) is 0 Å². The van der Waals surface area contributed by atoms with Crippen molar-refractivity contribution in [3.05, 3.63) is 0 Å². The molecule has 4 heteroatoms. The van der Waals surface area contributed by atoms with E-state index in [0.717, 1.165) is 13.1 Å². The fourth-order valence-electron chi connectivity index (χ4n) is 1.68. The standard InChI is InChI=1S/C12H27N3O/c1-8-15(10(2)9-14(6)7)11(16)13-12(3,4)5/h10H,8-9H2,1-7H3,(H,13,16). The van der Waals surface area contributed by atoms with Crippen LogP contribution in [0.3, 0.4) is 0 Å². The number of carbonyl (C=O) groups excluding carboxylic acids is 1. The van der Waals surface area contributed by atoms with Crippen molar-refractivity contribution < 1.29 is 4.79 Å². The van der Waals surface area contributed by atoms with E-state index in [-0.39, 0.29) is 17.6 Å². The highest BCUT2D eigenvalue weighted by atomic mass is 16.2. The van der Waals surface area contributed by atoms with E-state index in [4.69, 9.17) is 0 Å². The average Bonchev–Trinajstić information content (AvgIpc) is 1.99. The van der Waals surface area contributed by atoms with Gasteiger partial charge < -0.3 is 15.1 Å². The average molecular weight is 229 g/mol. The van der Waals surface area contributed by atoms with E-state index in [1.165, 1.54) is 0 Å². The van der Waals surface area contributed by atoms with E-state index in [2.05, 4.69) is 17.1 Å². The van der Waals surface area contributed by atoms with Gasteiger partial charge in [-0.1, -0.05) is 0 Å². The summed E-state index contributed by atoms with van der Waals surface area (Å²) in [6, 6.07) is 0.242. The third-order valence-corrected chi connectivity index (χ3v) is 2.24. The first kappa shape index (κ1) is 15.2. The minimum atomic E-state index is -0.178. The lowest BCUT2D eigenvalue weighted by molar-refractivity contribution is 0.161. The molecule has 0 heterocycles. The van der Waals surface area contributed by atoms with Crippen LogP contribution in [0, 0.1) is 0 Å². The van der Waals surface area contributed by atoms with Crippen molar-refractivity contribution >= 4 is 6.03 Å². The van der Waals surface area contributed by atoms with Gasteiger partial charge in [0, 0.05) is 24.7 Å². The number of amides is 2. The molecule has 0 saturated carbocycles. The van der Waals surface area contributed by atoms with Crippen molar-refractivity contribution in [3.8, 4) is 0 Å². The van der Waals surface area contributed by atoms with Crippen molar-refractivity contribution in [2.24, 2.45) is 0 Å². The van der Waals surface area contributed by atoms with Gasteiger partial charge in [0.1, 0.15) is 0 Å². The van der Waals surface area contributed by atoms with Gasteiger partial charge in [0.05, 0.1) is 0 Å². The molecule has 16 heavy (non-hydrogen) atoms. The van der Waals surface area contributed by atoms with Gasteiger partial charge >= 0.3 is 6.03 Å². The molecule has 0 aliphatic rings. The lowest BCUT2D eigenvalue weighted by Crippen LogP contribution is -2.53. The summed E-state index contributed by atoms with van der Waals surface area (Å²) < 4.78 is 0. The number of nitrogens with one attached hydrogen (secondary N) is 1. The minimum Gasteiger partial charge on any atom is -0.333 e. The number of carbonyl (C=O) groups is 1. The molecule has 0 aromatic carbocycles. The minimum absolute atomic E-state index is 0.0179. The highest BCUT2D eigenvalue weighted by molar-refractivity contribution is 5.75. The van der Waals surface area contributed by atoms with Crippen molar-refractivity contribution in [3.63, 3.8) is 0 Å². The fourth-order valence-corrected chi connectivity index (χ4v) is 1.68. The maximum absolute atomic E-state index is 12.0. The van der Waals surface area contributed by atoms with E-state index in [1.807, 2.05) is 46.7 Å². The Morgan fingerprint density at radius 1 is 1.31 bits per heavy atom. The zero-order valence-corrected chi connectivity index (χ0v) is 11.8. The zero-order valence-electron chi connectivity index (χ0n) is 11.8. The molecule has 96 valence electrons. The Kier molecular flexibility index (Phi) is 5.79. The second-order valence-electron chi connectivity index (χ2n) is 5.58. The van der Waals surface area contributed by atoms with Crippen LogP contribution in [0.25, 0.3) is 0 Å². The van der Waals surface area contributed by atoms with Gasteiger partial charge in [-0.05, 0) is 48.7 Å². The van der Waals surface area contributed by atoms with Gasteiger partial charge in [-0.15, -0.1) is 0 Å². The van der Waals surface area contributed by atoms with Crippen LogP contribution in [0.15, 0.2) is 0 Å². The van der Waals surface area contributed by atoms with E-state index in [1.54, 1.807) is 0 Å². The third-order valence-electron chi connectivity index (χ3n) is 2.24. The zero-order chi connectivity index (χ0) is 12.9. The van der Waals surface area contributed by atoms with Crippen molar-refractivity contribution in [2.45, 2.75) is 46.2 Å². The summed E-state index contributed by atoms with van der Waals surface area (Å²) in [5.41, 5.74) is -0.178. The maximum Gasteiger partial charge on any atom is 0.318 e. The molecule has 0 fully saturated rings. The molecule has 0 aromatic heterocycles. The molecule has 0 saturated heterocycles. The molecule has 0 aromatic rings. The molecule has 2 amide bonds. The van der Waals surface area contributed by atoms with Gasteiger partial charge in [-0.3, -0.25) is 0 Å².